The molecule has 1 aliphatic rings. The second-order valence-electron chi connectivity index (χ2n) is 12.5. The van der Waals surface area contributed by atoms with E-state index in [1.807, 2.05) is 48.5 Å². The molecule has 0 radical (unpaired) electrons. The molecule has 244 valence electrons. The molecule has 0 saturated carbocycles. The van der Waals surface area contributed by atoms with Crippen LogP contribution in [0.3, 0.4) is 0 Å². The van der Waals surface area contributed by atoms with E-state index in [2.05, 4.69) is 10.6 Å². The molecule has 1 aliphatic carbocycles. The van der Waals surface area contributed by atoms with Crippen LogP contribution < -0.4 is 10.6 Å². The molecular formula is C36H43N3O7. The van der Waals surface area contributed by atoms with Crippen LogP contribution in [-0.4, -0.2) is 70.8 Å². The molecule has 3 amide bonds. The Hall–Kier alpha value is -4.70. The molecule has 0 unspecified atom stereocenters. The number of alkyl carbamates (subject to hydrolysis) is 1. The van der Waals surface area contributed by atoms with Gasteiger partial charge in [0.25, 0.3) is 0 Å². The fourth-order valence-corrected chi connectivity index (χ4v) is 5.66. The van der Waals surface area contributed by atoms with Crippen LogP contribution in [0.1, 0.15) is 70.2 Å². The van der Waals surface area contributed by atoms with E-state index in [0.717, 1.165) is 22.3 Å². The van der Waals surface area contributed by atoms with Crippen LogP contribution in [0.5, 0.6) is 0 Å². The first-order valence-electron chi connectivity index (χ1n) is 15.4. The number of carbonyl (C=O) groups is 4. The maximum absolute atomic E-state index is 14.0. The molecule has 3 aromatic rings. The van der Waals surface area contributed by atoms with Crippen molar-refractivity contribution in [2.75, 3.05) is 13.2 Å². The van der Waals surface area contributed by atoms with Crippen molar-refractivity contribution >= 4 is 23.9 Å². The molecule has 0 spiro atoms. The number of aliphatic hydroxyl groups excluding tert-OH is 1. The van der Waals surface area contributed by atoms with E-state index in [9.17, 15) is 24.3 Å². The quantitative estimate of drug-likeness (QED) is 0.262. The van der Waals surface area contributed by atoms with Gasteiger partial charge in [-0.05, 0) is 69.4 Å². The van der Waals surface area contributed by atoms with Gasteiger partial charge in [0.1, 0.15) is 30.3 Å². The smallest absolute Gasteiger partial charge is 0.407 e. The number of carbonyl (C=O) groups excluding carboxylic acids is 4. The Morgan fingerprint density at radius 3 is 1.89 bits per heavy atom. The zero-order valence-corrected chi connectivity index (χ0v) is 27.2. The van der Waals surface area contributed by atoms with Gasteiger partial charge >= 0.3 is 12.1 Å². The van der Waals surface area contributed by atoms with E-state index >= 15 is 0 Å². The molecule has 4 rings (SSSR count). The van der Waals surface area contributed by atoms with Crippen LogP contribution in [0.4, 0.5) is 4.79 Å². The molecule has 0 aliphatic heterocycles. The number of nitrogens with one attached hydrogen (secondary N) is 2. The van der Waals surface area contributed by atoms with E-state index in [4.69, 9.17) is 9.47 Å². The van der Waals surface area contributed by atoms with E-state index in [1.54, 1.807) is 51.1 Å². The molecular weight excluding hydrogens is 586 g/mol. The molecule has 0 fully saturated rings. The first-order chi connectivity index (χ1) is 21.8. The van der Waals surface area contributed by atoms with Gasteiger partial charge in [-0.2, -0.15) is 0 Å². The molecule has 3 N–H and O–H groups in total. The lowest BCUT2D eigenvalue weighted by molar-refractivity contribution is -0.158. The van der Waals surface area contributed by atoms with Gasteiger partial charge in [-0.1, -0.05) is 78.9 Å². The second kappa shape index (κ2) is 14.6. The normalized spacial score (nSPS) is 14.9. The summed E-state index contributed by atoms with van der Waals surface area (Å²) < 4.78 is 11.0. The summed E-state index contributed by atoms with van der Waals surface area (Å²) in [5.41, 5.74) is 4.14. The maximum Gasteiger partial charge on any atom is 0.407 e. The largest absolute Gasteiger partial charge is 0.458 e. The highest BCUT2D eigenvalue weighted by Crippen LogP contribution is 2.44. The highest BCUT2D eigenvalue weighted by Gasteiger charge is 2.37. The van der Waals surface area contributed by atoms with Gasteiger partial charge in [0.2, 0.25) is 11.8 Å². The highest BCUT2D eigenvalue weighted by molar-refractivity contribution is 5.93. The minimum atomic E-state index is -1.14. The monoisotopic (exact) mass is 629 g/mol. The molecule has 10 heteroatoms. The molecule has 0 bridgehead atoms. The Morgan fingerprint density at radius 1 is 0.804 bits per heavy atom. The number of esters is 1. The lowest BCUT2D eigenvalue weighted by Gasteiger charge is -2.37. The van der Waals surface area contributed by atoms with Crippen LogP contribution in [0, 0.1) is 0 Å². The lowest BCUT2D eigenvalue weighted by atomic mass is 9.98. The summed E-state index contributed by atoms with van der Waals surface area (Å²) in [6.45, 7) is 9.22. The standard InChI is InChI=1S/C36H43N3O7/c1-22(38-35(44)45-21-30-28-18-12-10-16-26(28)27-17-11-13-19-29(27)30)33(42)39(31(20-40)25-14-8-7-9-15-25)24(3)32(41)37-23(2)34(43)46-36(4,5)6/h7-19,22-24,30-31,40H,20-21H2,1-6H3,(H,37,41)(H,38,44)/t22-,23+,24+,31+/m0/s1. The molecule has 3 aromatic carbocycles. The Bertz CT molecular complexity index is 1510. The summed E-state index contributed by atoms with van der Waals surface area (Å²) in [6, 6.07) is 20.6. The van der Waals surface area contributed by atoms with Crippen LogP contribution in [0.15, 0.2) is 78.9 Å². The molecule has 0 aromatic heterocycles. The molecule has 0 heterocycles. The number of benzene rings is 3. The van der Waals surface area contributed by atoms with Gasteiger partial charge in [0.05, 0.1) is 12.6 Å². The SMILES string of the molecule is C[C@H](NC(=O)OCC1c2ccccc2-c2ccccc21)C(=O)N([C@H](C)C(=O)N[C@H](C)C(=O)OC(C)(C)C)[C@H](CO)c1ccccc1. The minimum Gasteiger partial charge on any atom is -0.458 e. The summed E-state index contributed by atoms with van der Waals surface area (Å²) in [6.07, 6.45) is -0.793. The van der Waals surface area contributed by atoms with Gasteiger partial charge in [-0.25, -0.2) is 9.59 Å². The fraction of sp³-hybridized carbons (Fsp3) is 0.389. The topological polar surface area (TPSA) is 134 Å². The summed E-state index contributed by atoms with van der Waals surface area (Å²) in [4.78, 5) is 54.2. The van der Waals surface area contributed by atoms with Gasteiger partial charge in [-0.3, -0.25) is 9.59 Å². The van der Waals surface area contributed by atoms with Crippen molar-refractivity contribution in [2.24, 2.45) is 0 Å². The number of hydrogen-bond donors (Lipinski definition) is 3. The average molecular weight is 630 g/mol. The van der Waals surface area contributed by atoms with Gasteiger partial charge in [-0.15, -0.1) is 0 Å². The van der Waals surface area contributed by atoms with Gasteiger partial charge in [0.15, 0.2) is 0 Å². The average Bonchev–Trinajstić information content (AvgIpc) is 3.35. The van der Waals surface area contributed by atoms with Crippen LogP contribution in [0.25, 0.3) is 11.1 Å². The van der Waals surface area contributed by atoms with E-state index in [1.165, 1.54) is 25.7 Å². The zero-order chi connectivity index (χ0) is 33.6. The van der Waals surface area contributed by atoms with Crippen molar-refractivity contribution in [1.29, 1.82) is 0 Å². The predicted octanol–water partition coefficient (Wildman–Crippen LogP) is 4.71. The van der Waals surface area contributed by atoms with Gasteiger partial charge < -0.3 is 30.1 Å². The van der Waals surface area contributed by atoms with Crippen LogP contribution in [0.2, 0.25) is 0 Å². The zero-order valence-electron chi connectivity index (χ0n) is 27.2. The fourth-order valence-electron chi connectivity index (χ4n) is 5.66. The molecule has 0 saturated heterocycles. The van der Waals surface area contributed by atoms with E-state index < -0.39 is 60.3 Å². The lowest BCUT2D eigenvalue weighted by Crippen LogP contribution is -2.57. The number of fused-ring (bicyclic) bond motifs is 3. The number of ether oxygens (including phenoxy) is 2. The van der Waals surface area contributed by atoms with Crippen molar-refractivity contribution in [1.82, 2.24) is 15.5 Å². The number of aliphatic hydroxyl groups is 1. The predicted molar refractivity (Wildman–Crippen MR) is 174 cm³/mol. The Kier molecular flexibility index (Phi) is 10.8. The van der Waals surface area contributed by atoms with Crippen LogP contribution >= 0.6 is 0 Å². The summed E-state index contributed by atoms with van der Waals surface area (Å²) in [5, 5.41) is 15.7. The number of amides is 3. The van der Waals surface area contributed by atoms with E-state index in [0.29, 0.717) is 5.56 Å². The summed E-state index contributed by atoms with van der Waals surface area (Å²) in [5.74, 6) is -2.04. The van der Waals surface area contributed by atoms with Crippen molar-refractivity contribution in [3.8, 4) is 11.1 Å². The molecule has 4 atom stereocenters. The Balaban J connectivity index is 1.48. The Labute approximate surface area is 270 Å². The van der Waals surface area contributed by atoms with Crippen molar-refractivity contribution < 1.29 is 33.8 Å². The number of nitrogens with zero attached hydrogens (tertiary/aromatic N) is 1. The van der Waals surface area contributed by atoms with Crippen molar-refractivity contribution in [2.45, 2.75) is 77.2 Å². The first kappa shape index (κ1) is 34.2. The number of hydrogen-bond acceptors (Lipinski definition) is 7. The van der Waals surface area contributed by atoms with Gasteiger partial charge in [0, 0.05) is 5.92 Å². The third kappa shape index (κ3) is 7.92. The van der Waals surface area contributed by atoms with Crippen molar-refractivity contribution in [3.05, 3.63) is 95.6 Å². The van der Waals surface area contributed by atoms with Crippen LogP contribution in [-0.2, 0) is 23.9 Å². The van der Waals surface area contributed by atoms with E-state index in [-0.39, 0.29) is 12.5 Å². The maximum atomic E-state index is 14.0. The Morgan fingerprint density at radius 2 is 1.35 bits per heavy atom. The first-order valence-corrected chi connectivity index (χ1v) is 15.4. The second-order valence-corrected chi connectivity index (χ2v) is 12.5. The minimum absolute atomic E-state index is 0.0646. The van der Waals surface area contributed by atoms with Crippen molar-refractivity contribution in [3.63, 3.8) is 0 Å². The third-order valence-corrected chi connectivity index (χ3v) is 7.91. The summed E-state index contributed by atoms with van der Waals surface area (Å²) in [7, 11) is 0. The highest BCUT2D eigenvalue weighted by atomic mass is 16.6. The molecule has 46 heavy (non-hydrogen) atoms. The summed E-state index contributed by atoms with van der Waals surface area (Å²) >= 11 is 0. The third-order valence-electron chi connectivity index (χ3n) is 7.91. The number of rotatable bonds is 11. The molecule has 10 nitrogen and oxygen atoms in total.